The summed E-state index contributed by atoms with van der Waals surface area (Å²) < 4.78 is 9.10. The smallest absolute Gasteiger partial charge is 0.325 e. The molecule has 6 heteroatoms. The zero-order chi connectivity index (χ0) is 10.4. The summed E-state index contributed by atoms with van der Waals surface area (Å²) in [5.74, 6) is -1.22. The maximum absolute atomic E-state index is 10.8. The molecule has 0 saturated carbocycles. The number of ether oxygens (including phenoxy) is 2. The molecule has 84 valence electrons. The molecule has 0 amide bonds. The average molecular weight is 226 g/mol. The van der Waals surface area contributed by atoms with E-state index in [9.17, 15) is 9.59 Å². The normalized spacial score (nSPS) is 11.5. The summed E-state index contributed by atoms with van der Waals surface area (Å²) in [6.07, 6.45) is 0. The molecule has 0 aromatic rings. The van der Waals surface area contributed by atoms with E-state index in [0.717, 1.165) is 0 Å². The van der Waals surface area contributed by atoms with Gasteiger partial charge in [0.25, 0.3) is 0 Å². The molecule has 0 aliphatic heterocycles. The van der Waals surface area contributed by atoms with Gasteiger partial charge in [-0.15, -0.1) is 12.4 Å². The Morgan fingerprint density at radius 3 is 1.93 bits per heavy atom. The average Bonchev–Trinajstić information content (AvgIpc) is 2.03. The van der Waals surface area contributed by atoms with Crippen LogP contribution in [0.3, 0.4) is 0 Å². The maximum Gasteiger partial charge on any atom is 0.325 e. The Labute approximate surface area is 89.3 Å². The molecule has 5 nitrogen and oxygen atoms in total. The largest absolute Gasteiger partial charge is 0.428 e. The molecule has 2 N–H and O–H groups in total. The fourth-order valence-corrected chi connectivity index (χ4v) is 0.444. The number of carbonyl (C=O) groups is 2. The predicted molar refractivity (Wildman–Crippen MR) is 52.8 cm³/mol. The molecule has 0 aliphatic rings. The van der Waals surface area contributed by atoms with Crippen molar-refractivity contribution in [2.75, 3.05) is 6.79 Å². The van der Waals surface area contributed by atoms with E-state index >= 15 is 0 Å². The third-order valence-electron chi connectivity index (χ3n) is 1.25. The second kappa shape index (κ2) is 7.58. The molecule has 14 heavy (non-hydrogen) atoms. The van der Waals surface area contributed by atoms with Crippen molar-refractivity contribution in [1.82, 2.24) is 0 Å². The molecular formula is C8H16ClNO4. The third kappa shape index (κ3) is 6.68. The molecule has 0 aliphatic carbocycles. The first-order chi connectivity index (χ1) is 5.95. The van der Waals surface area contributed by atoms with Crippen molar-refractivity contribution >= 4 is 24.3 Å². The molecular weight excluding hydrogens is 210 g/mol. The summed E-state index contributed by atoms with van der Waals surface area (Å²) in [7, 11) is 0. The van der Waals surface area contributed by atoms with E-state index in [1.807, 2.05) is 0 Å². The van der Waals surface area contributed by atoms with Crippen molar-refractivity contribution in [2.45, 2.75) is 26.8 Å². The Balaban J connectivity index is 0. The van der Waals surface area contributed by atoms with Crippen LogP contribution in [0.5, 0.6) is 0 Å². The first-order valence-electron chi connectivity index (χ1n) is 4.04. The monoisotopic (exact) mass is 225 g/mol. The number of halogens is 1. The fourth-order valence-electron chi connectivity index (χ4n) is 0.444. The van der Waals surface area contributed by atoms with Gasteiger partial charge in [0.05, 0.1) is 5.92 Å². The first-order valence-corrected chi connectivity index (χ1v) is 4.04. The molecule has 0 radical (unpaired) electrons. The van der Waals surface area contributed by atoms with Gasteiger partial charge in [-0.25, -0.2) is 0 Å². The van der Waals surface area contributed by atoms with E-state index in [2.05, 4.69) is 9.47 Å². The van der Waals surface area contributed by atoms with Gasteiger partial charge in [0, 0.05) is 0 Å². The lowest BCUT2D eigenvalue weighted by Gasteiger charge is -2.08. The van der Waals surface area contributed by atoms with Crippen LogP contribution in [0.4, 0.5) is 0 Å². The Hall–Kier alpha value is -0.810. The molecule has 0 bridgehead atoms. The molecule has 1 atom stereocenters. The van der Waals surface area contributed by atoms with E-state index in [0.29, 0.717) is 0 Å². The van der Waals surface area contributed by atoms with Crippen LogP contribution in [0, 0.1) is 5.92 Å². The Morgan fingerprint density at radius 1 is 1.14 bits per heavy atom. The predicted octanol–water partition coefficient (Wildman–Crippen LogP) is 0.455. The zero-order valence-corrected chi connectivity index (χ0v) is 9.30. The minimum Gasteiger partial charge on any atom is -0.428 e. The topological polar surface area (TPSA) is 78.6 Å². The van der Waals surface area contributed by atoms with Crippen molar-refractivity contribution < 1.29 is 19.1 Å². The molecule has 0 fully saturated rings. The zero-order valence-electron chi connectivity index (χ0n) is 8.48. The molecule has 0 aromatic carbocycles. The lowest BCUT2D eigenvalue weighted by molar-refractivity contribution is -0.170. The van der Waals surface area contributed by atoms with Crippen molar-refractivity contribution in [3.05, 3.63) is 0 Å². The van der Waals surface area contributed by atoms with Gasteiger partial charge in [-0.3, -0.25) is 9.59 Å². The lowest BCUT2D eigenvalue weighted by atomic mass is 10.2. The van der Waals surface area contributed by atoms with Gasteiger partial charge in [0.15, 0.2) is 0 Å². The van der Waals surface area contributed by atoms with E-state index < -0.39 is 18.0 Å². The Bertz CT molecular complexity index is 174. The second-order valence-corrected chi connectivity index (χ2v) is 2.99. The highest BCUT2D eigenvalue weighted by atomic mass is 35.5. The van der Waals surface area contributed by atoms with Crippen LogP contribution in [0.1, 0.15) is 20.8 Å². The summed E-state index contributed by atoms with van der Waals surface area (Å²) in [5.41, 5.74) is 5.20. The summed E-state index contributed by atoms with van der Waals surface area (Å²) in [4.78, 5) is 21.6. The van der Waals surface area contributed by atoms with E-state index in [1.54, 1.807) is 13.8 Å². The number of nitrogens with two attached hydrogens (primary N) is 1. The number of hydrogen-bond acceptors (Lipinski definition) is 5. The molecule has 0 rings (SSSR count). The molecule has 0 saturated heterocycles. The summed E-state index contributed by atoms with van der Waals surface area (Å²) in [6.45, 7) is 4.51. The third-order valence-corrected chi connectivity index (χ3v) is 1.25. The quantitative estimate of drug-likeness (QED) is 0.555. The highest BCUT2D eigenvalue weighted by Gasteiger charge is 2.11. The number of rotatable bonds is 4. The molecule has 0 spiro atoms. The van der Waals surface area contributed by atoms with Gasteiger partial charge < -0.3 is 15.2 Å². The summed E-state index contributed by atoms with van der Waals surface area (Å²) in [5, 5.41) is 0. The minimum absolute atomic E-state index is 0. The Morgan fingerprint density at radius 2 is 1.57 bits per heavy atom. The van der Waals surface area contributed by atoms with E-state index in [1.165, 1.54) is 6.92 Å². The van der Waals surface area contributed by atoms with E-state index in [4.69, 9.17) is 5.73 Å². The summed E-state index contributed by atoms with van der Waals surface area (Å²) >= 11 is 0. The van der Waals surface area contributed by atoms with Crippen LogP contribution in [-0.4, -0.2) is 24.8 Å². The first kappa shape index (κ1) is 15.7. The van der Waals surface area contributed by atoms with Gasteiger partial charge in [-0.05, 0) is 6.92 Å². The SMILES string of the molecule is CC(C)C(=O)OCOC(=O)C(C)N.Cl. The molecule has 0 heterocycles. The van der Waals surface area contributed by atoms with Crippen LogP contribution >= 0.6 is 12.4 Å². The standard InChI is InChI=1S/C8H15NO4.ClH/c1-5(2)7(10)12-4-13-8(11)6(3)9;/h5-6H,4,9H2,1-3H3;1H. The van der Waals surface area contributed by atoms with Crippen molar-refractivity contribution in [1.29, 1.82) is 0 Å². The van der Waals surface area contributed by atoms with Gasteiger partial charge in [-0.2, -0.15) is 0 Å². The van der Waals surface area contributed by atoms with Gasteiger partial charge in [0.1, 0.15) is 6.04 Å². The second-order valence-electron chi connectivity index (χ2n) is 2.99. The lowest BCUT2D eigenvalue weighted by Crippen LogP contribution is -2.30. The van der Waals surface area contributed by atoms with Crippen molar-refractivity contribution in [3.63, 3.8) is 0 Å². The number of hydrogen-bond donors (Lipinski definition) is 1. The van der Waals surface area contributed by atoms with Crippen LogP contribution < -0.4 is 5.73 Å². The highest BCUT2D eigenvalue weighted by molar-refractivity contribution is 5.85. The van der Waals surface area contributed by atoms with Gasteiger partial charge in [-0.1, -0.05) is 13.8 Å². The van der Waals surface area contributed by atoms with Gasteiger partial charge in [0.2, 0.25) is 6.79 Å². The number of carbonyl (C=O) groups excluding carboxylic acids is 2. The Kier molecular flexibility index (Phi) is 8.48. The van der Waals surface area contributed by atoms with E-state index in [-0.39, 0.29) is 25.1 Å². The van der Waals surface area contributed by atoms with Gasteiger partial charge >= 0.3 is 11.9 Å². The van der Waals surface area contributed by atoms with Crippen LogP contribution in [-0.2, 0) is 19.1 Å². The van der Waals surface area contributed by atoms with Crippen molar-refractivity contribution in [3.8, 4) is 0 Å². The minimum atomic E-state index is -0.697. The maximum atomic E-state index is 10.8. The fraction of sp³-hybridized carbons (Fsp3) is 0.750. The molecule has 0 aromatic heterocycles. The van der Waals surface area contributed by atoms with Crippen molar-refractivity contribution in [2.24, 2.45) is 11.7 Å². The van der Waals surface area contributed by atoms with Crippen LogP contribution in [0.25, 0.3) is 0 Å². The summed E-state index contributed by atoms with van der Waals surface area (Å²) in [6, 6.07) is -0.697. The number of esters is 2. The molecule has 1 unspecified atom stereocenters. The highest BCUT2D eigenvalue weighted by Crippen LogP contribution is 1.96. The van der Waals surface area contributed by atoms with Crippen LogP contribution in [0.15, 0.2) is 0 Å². The van der Waals surface area contributed by atoms with Crippen LogP contribution in [0.2, 0.25) is 0 Å².